The molecular formula is C27H24Cl2N2O3. The standard InChI is InChI=1S/C27H24Cl2N2O3/c1-34-24-13-22-19(12-23(24)29)20-14-27(22,21-11-17(28)4-5-18(20)21)25(32)31-9-6-26(33,7-10-31)16-3-2-8-30-15-16/h2-5,8,11-13,15,20,33H,6-7,9-10,14H2,1H3. The molecule has 2 heterocycles. The SMILES string of the molecule is COc1cc2c(cc1Cl)C1CC2(C(=O)N2CCC(O)(c3cccnc3)CC2)c2cc(Cl)ccc21. The Morgan fingerprint density at radius 3 is 2.59 bits per heavy atom. The number of halogens is 2. The van der Waals surface area contributed by atoms with E-state index < -0.39 is 11.0 Å². The monoisotopic (exact) mass is 494 g/mol. The molecule has 1 amide bonds. The average molecular weight is 495 g/mol. The van der Waals surface area contributed by atoms with Crippen molar-refractivity contribution in [2.75, 3.05) is 20.2 Å². The second kappa shape index (κ2) is 7.70. The summed E-state index contributed by atoms with van der Waals surface area (Å²) in [5, 5.41) is 12.4. The molecule has 0 saturated carbocycles. The van der Waals surface area contributed by atoms with E-state index in [0.717, 1.165) is 27.8 Å². The van der Waals surface area contributed by atoms with Gasteiger partial charge in [-0.2, -0.15) is 0 Å². The molecule has 2 bridgehead atoms. The van der Waals surface area contributed by atoms with E-state index in [1.54, 1.807) is 19.5 Å². The molecule has 2 aliphatic carbocycles. The fourth-order valence-electron chi connectivity index (χ4n) is 6.24. The van der Waals surface area contributed by atoms with Crippen LogP contribution in [-0.4, -0.2) is 41.1 Å². The average Bonchev–Trinajstić information content (AvgIpc) is 3.36. The van der Waals surface area contributed by atoms with Crippen molar-refractivity contribution in [2.24, 2.45) is 0 Å². The zero-order chi connectivity index (χ0) is 23.7. The molecular weight excluding hydrogens is 471 g/mol. The van der Waals surface area contributed by atoms with Gasteiger partial charge in [0.05, 0.1) is 17.7 Å². The normalized spacial score (nSPS) is 24.0. The van der Waals surface area contributed by atoms with Gasteiger partial charge in [0.2, 0.25) is 5.91 Å². The van der Waals surface area contributed by atoms with E-state index >= 15 is 0 Å². The number of carbonyl (C=O) groups excluding carboxylic acids is 1. The first-order valence-corrected chi connectivity index (χ1v) is 12.2. The summed E-state index contributed by atoms with van der Waals surface area (Å²) in [7, 11) is 1.59. The number of ether oxygens (including phenoxy) is 1. The molecule has 0 radical (unpaired) electrons. The molecule has 1 saturated heterocycles. The highest BCUT2D eigenvalue weighted by atomic mass is 35.5. The predicted octanol–water partition coefficient (Wildman–Crippen LogP) is 5.04. The highest BCUT2D eigenvalue weighted by molar-refractivity contribution is 6.32. The van der Waals surface area contributed by atoms with E-state index in [2.05, 4.69) is 4.98 Å². The maximum Gasteiger partial charge on any atom is 0.237 e. The number of likely N-dealkylation sites (tertiary alicyclic amines) is 1. The number of amides is 1. The number of nitrogens with zero attached hydrogens (tertiary/aromatic N) is 2. The lowest BCUT2D eigenvalue weighted by Gasteiger charge is -2.42. The fraction of sp³-hybridized carbons (Fsp3) is 0.333. The fourth-order valence-corrected chi connectivity index (χ4v) is 6.66. The number of benzene rings is 2. The van der Waals surface area contributed by atoms with Crippen LogP contribution in [0.5, 0.6) is 5.75 Å². The van der Waals surface area contributed by atoms with Gasteiger partial charge in [-0.3, -0.25) is 9.78 Å². The predicted molar refractivity (Wildman–Crippen MR) is 131 cm³/mol. The van der Waals surface area contributed by atoms with E-state index in [1.165, 1.54) is 0 Å². The van der Waals surface area contributed by atoms with Crippen molar-refractivity contribution in [3.05, 3.63) is 92.7 Å². The number of aliphatic hydroxyl groups is 1. The number of piperidine rings is 1. The number of pyridine rings is 1. The highest BCUT2D eigenvalue weighted by Crippen LogP contribution is 2.62. The summed E-state index contributed by atoms with van der Waals surface area (Å²) < 4.78 is 5.51. The van der Waals surface area contributed by atoms with Crippen LogP contribution < -0.4 is 4.74 Å². The number of rotatable bonds is 3. The number of aromatic nitrogens is 1. The Kier molecular flexibility index (Phi) is 4.96. The van der Waals surface area contributed by atoms with Gasteiger partial charge in [0.15, 0.2) is 0 Å². The Balaban J connectivity index is 1.40. The van der Waals surface area contributed by atoms with E-state index in [0.29, 0.717) is 48.1 Å². The molecule has 1 aliphatic heterocycles. The molecule has 2 atom stereocenters. The van der Waals surface area contributed by atoms with Crippen LogP contribution in [0.3, 0.4) is 0 Å². The lowest BCUT2D eigenvalue weighted by atomic mass is 9.73. The second-order valence-corrected chi connectivity index (χ2v) is 10.4. The summed E-state index contributed by atoms with van der Waals surface area (Å²) in [5.41, 5.74) is 3.12. The summed E-state index contributed by atoms with van der Waals surface area (Å²) in [4.78, 5) is 20.4. The maximum absolute atomic E-state index is 14.4. The van der Waals surface area contributed by atoms with Crippen molar-refractivity contribution < 1.29 is 14.6 Å². The minimum atomic E-state index is -0.980. The van der Waals surface area contributed by atoms with Crippen LogP contribution in [0.4, 0.5) is 0 Å². The van der Waals surface area contributed by atoms with Gasteiger partial charge in [-0.15, -0.1) is 0 Å². The molecule has 174 valence electrons. The number of carbonyl (C=O) groups is 1. The van der Waals surface area contributed by atoms with Crippen LogP contribution in [0.25, 0.3) is 0 Å². The lowest BCUT2D eigenvalue weighted by Crippen LogP contribution is -2.51. The Bertz CT molecular complexity index is 1300. The van der Waals surface area contributed by atoms with Crippen molar-refractivity contribution >= 4 is 29.1 Å². The van der Waals surface area contributed by atoms with Crippen LogP contribution in [0, 0.1) is 0 Å². The molecule has 7 heteroatoms. The Morgan fingerprint density at radius 2 is 1.88 bits per heavy atom. The van der Waals surface area contributed by atoms with E-state index in [-0.39, 0.29) is 11.8 Å². The molecule has 6 rings (SSSR count). The number of methoxy groups -OCH3 is 1. The Hall–Kier alpha value is -2.60. The second-order valence-electron chi connectivity index (χ2n) is 9.53. The van der Waals surface area contributed by atoms with Gasteiger partial charge in [-0.25, -0.2) is 0 Å². The molecule has 1 N–H and O–H groups in total. The van der Waals surface area contributed by atoms with Crippen LogP contribution in [0.15, 0.2) is 54.9 Å². The summed E-state index contributed by atoms with van der Waals surface area (Å²) in [6, 6.07) is 13.5. The van der Waals surface area contributed by atoms with Crippen LogP contribution in [-0.2, 0) is 15.8 Å². The summed E-state index contributed by atoms with van der Waals surface area (Å²) >= 11 is 12.9. The van der Waals surface area contributed by atoms with Crippen molar-refractivity contribution in [1.29, 1.82) is 0 Å². The van der Waals surface area contributed by atoms with Gasteiger partial charge in [0, 0.05) is 42.0 Å². The number of hydrogen-bond donors (Lipinski definition) is 1. The maximum atomic E-state index is 14.4. The molecule has 2 unspecified atom stereocenters. The lowest BCUT2D eigenvalue weighted by molar-refractivity contribution is -0.140. The quantitative estimate of drug-likeness (QED) is 0.553. The van der Waals surface area contributed by atoms with Crippen molar-refractivity contribution in [1.82, 2.24) is 9.88 Å². The zero-order valence-corrected chi connectivity index (χ0v) is 20.2. The first-order valence-electron chi connectivity index (χ1n) is 11.5. The number of fused-ring (bicyclic) bond motifs is 8. The van der Waals surface area contributed by atoms with Crippen molar-refractivity contribution in [2.45, 2.75) is 36.2 Å². The van der Waals surface area contributed by atoms with E-state index in [4.69, 9.17) is 27.9 Å². The Labute approximate surface area is 208 Å². The van der Waals surface area contributed by atoms with Gasteiger partial charge in [0.1, 0.15) is 11.2 Å². The third-order valence-electron chi connectivity index (χ3n) is 7.96. The molecule has 3 aromatic rings. The summed E-state index contributed by atoms with van der Waals surface area (Å²) in [6.45, 7) is 0.930. The molecule has 0 spiro atoms. The highest BCUT2D eigenvalue weighted by Gasteiger charge is 2.59. The molecule has 34 heavy (non-hydrogen) atoms. The minimum Gasteiger partial charge on any atom is -0.495 e. The zero-order valence-electron chi connectivity index (χ0n) is 18.7. The molecule has 5 nitrogen and oxygen atoms in total. The first-order chi connectivity index (χ1) is 16.4. The van der Waals surface area contributed by atoms with E-state index in [1.807, 2.05) is 47.4 Å². The minimum absolute atomic E-state index is 0.0508. The van der Waals surface area contributed by atoms with Crippen LogP contribution >= 0.6 is 23.2 Å². The van der Waals surface area contributed by atoms with Crippen molar-refractivity contribution in [3.8, 4) is 5.75 Å². The van der Waals surface area contributed by atoms with Gasteiger partial charge in [0.25, 0.3) is 0 Å². The van der Waals surface area contributed by atoms with Gasteiger partial charge in [-0.05, 0) is 71.8 Å². The van der Waals surface area contributed by atoms with Gasteiger partial charge >= 0.3 is 0 Å². The largest absolute Gasteiger partial charge is 0.495 e. The van der Waals surface area contributed by atoms with Crippen LogP contribution in [0.1, 0.15) is 53.0 Å². The summed E-state index contributed by atoms with van der Waals surface area (Å²) in [6.07, 6.45) is 4.98. The summed E-state index contributed by atoms with van der Waals surface area (Å²) in [5.74, 6) is 0.704. The third kappa shape index (κ3) is 2.97. The Morgan fingerprint density at radius 1 is 1.12 bits per heavy atom. The number of hydrogen-bond acceptors (Lipinski definition) is 4. The van der Waals surface area contributed by atoms with E-state index in [9.17, 15) is 9.90 Å². The smallest absolute Gasteiger partial charge is 0.237 e. The topological polar surface area (TPSA) is 62.7 Å². The van der Waals surface area contributed by atoms with Gasteiger partial charge < -0.3 is 14.7 Å². The molecule has 2 aromatic carbocycles. The van der Waals surface area contributed by atoms with Crippen LogP contribution in [0.2, 0.25) is 10.0 Å². The van der Waals surface area contributed by atoms with Gasteiger partial charge in [-0.1, -0.05) is 35.3 Å². The van der Waals surface area contributed by atoms with Crippen molar-refractivity contribution in [3.63, 3.8) is 0 Å². The molecule has 1 fully saturated rings. The molecule has 1 aromatic heterocycles. The molecule has 3 aliphatic rings. The third-order valence-corrected chi connectivity index (χ3v) is 8.49. The first kappa shape index (κ1) is 21.9.